The third kappa shape index (κ3) is 2.40. The van der Waals surface area contributed by atoms with E-state index >= 15 is 0 Å². The van der Waals surface area contributed by atoms with Crippen LogP contribution < -0.4 is 4.90 Å². The van der Waals surface area contributed by atoms with E-state index in [1.807, 2.05) is 35.2 Å². The molecule has 4 rings (SSSR count). The van der Waals surface area contributed by atoms with Crippen LogP contribution in [-0.4, -0.2) is 41.7 Å². The van der Waals surface area contributed by atoms with Gasteiger partial charge >= 0.3 is 11.9 Å². The molecule has 2 aromatic rings. The van der Waals surface area contributed by atoms with Gasteiger partial charge in [0.15, 0.2) is 0 Å². The summed E-state index contributed by atoms with van der Waals surface area (Å²) >= 11 is 0. The summed E-state index contributed by atoms with van der Waals surface area (Å²) in [7, 11) is 0. The summed E-state index contributed by atoms with van der Waals surface area (Å²) in [6.45, 7) is 1.44. The van der Waals surface area contributed by atoms with Gasteiger partial charge < -0.3 is 14.7 Å². The number of hydrogen-bond acceptors (Lipinski definition) is 5. The van der Waals surface area contributed by atoms with E-state index in [0.29, 0.717) is 25.5 Å². The molecule has 2 saturated heterocycles. The lowest BCUT2D eigenvalue weighted by Crippen LogP contribution is -2.26. The minimum atomic E-state index is -1.02. The predicted octanol–water partition coefficient (Wildman–Crippen LogP) is 2.06. The molecule has 2 aliphatic rings. The second-order valence-electron chi connectivity index (χ2n) is 6.14. The Labute approximate surface area is 138 Å². The first kappa shape index (κ1) is 14.7. The molecule has 0 amide bonds. The monoisotopic (exact) mass is 324 g/mol. The summed E-state index contributed by atoms with van der Waals surface area (Å²) in [5, 5.41) is 9.48. The number of ether oxygens (including phenoxy) is 1. The average molecular weight is 324 g/mol. The lowest BCUT2D eigenvalue weighted by atomic mass is 10.0. The van der Waals surface area contributed by atoms with Crippen molar-refractivity contribution in [3.05, 3.63) is 48.0 Å². The Balaban J connectivity index is 1.73. The minimum Gasteiger partial charge on any atom is -0.478 e. The highest BCUT2D eigenvalue weighted by molar-refractivity contribution is 5.94. The number of hydrogen-bond donors (Lipinski definition) is 1. The number of anilines is 1. The molecule has 24 heavy (non-hydrogen) atoms. The third-order valence-corrected chi connectivity index (χ3v) is 4.66. The highest BCUT2D eigenvalue weighted by Crippen LogP contribution is 2.35. The van der Waals surface area contributed by atoms with E-state index in [2.05, 4.69) is 4.98 Å². The van der Waals surface area contributed by atoms with E-state index < -0.39 is 5.97 Å². The molecule has 0 bridgehead atoms. The number of esters is 1. The number of cyclic esters (lactones) is 1. The van der Waals surface area contributed by atoms with Gasteiger partial charge in [0.25, 0.3) is 0 Å². The molecular formula is C18H16N2O4. The maximum absolute atomic E-state index is 11.8. The number of carbonyl (C=O) groups is 2. The Morgan fingerprint density at radius 2 is 1.96 bits per heavy atom. The number of carbonyl (C=O) groups excluding carboxylic acids is 1. The van der Waals surface area contributed by atoms with Crippen molar-refractivity contribution in [2.24, 2.45) is 11.8 Å². The molecule has 2 aliphatic heterocycles. The summed E-state index contributed by atoms with van der Waals surface area (Å²) in [5.74, 6) is -0.864. The van der Waals surface area contributed by atoms with Crippen LogP contribution in [0.5, 0.6) is 0 Å². The van der Waals surface area contributed by atoms with Gasteiger partial charge in [0.05, 0.1) is 18.2 Å². The van der Waals surface area contributed by atoms with Crippen molar-refractivity contribution >= 4 is 17.8 Å². The molecule has 0 saturated carbocycles. The number of pyridine rings is 1. The van der Waals surface area contributed by atoms with Crippen LogP contribution in [0.2, 0.25) is 0 Å². The number of fused-ring (bicyclic) bond motifs is 1. The van der Waals surface area contributed by atoms with Gasteiger partial charge in [-0.05, 0) is 12.1 Å². The molecule has 1 aromatic heterocycles. The van der Waals surface area contributed by atoms with E-state index in [1.165, 1.54) is 0 Å². The van der Waals surface area contributed by atoms with Gasteiger partial charge in [-0.15, -0.1) is 0 Å². The van der Waals surface area contributed by atoms with Crippen molar-refractivity contribution in [1.82, 2.24) is 4.98 Å². The van der Waals surface area contributed by atoms with Crippen molar-refractivity contribution in [2.75, 3.05) is 24.6 Å². The maximum Gasteiger partial charge on any atom is 0.339 e. The standard InChI is InChI=1S/C18H16N2O4/c21-17(22)13-6-7-15(11-4-2-1-3-5-11)19-16(13)20-8-12-10-24-18(23)14(12)9-20/h1-7,12,14H,8-10H2,(H,21,22)/t12-,14-/m1/s1. The number of aromatic carboxylic acids is 1. The zero-order chi connectivity index (χ0) is 16.7. The van der Waals surface area contributed by atoms with Gasteiger partial charge in [-0.2, -0.15) is 0 Å². The first-order valence-electron chi connectivity index (χ1n) is 7.85. The highest BCUT2D eigenvalue weighted by Gasteiger charge is 2.45. The van der Waals surface area contributed by atoms with Gasteiger partial charge in [0, 0.05) is 24.6 Å². The SMILES string of the molecule is O=C(O)c1ccc(-c2ccccc2)nc1N1C[C@@H]2COC(=O)[C@@H]2C1. The number of carboxylic acids is 1. The Morgan fingerprint density at radius 3 is 2.67 bits per heavy atom. The zero-order valence-corrected chi connectivity index (χ0v) is 12.9. The van der Waals surface area contributed by atoms with E-state index in [4.69, 9.17) is 4.74 Å². The number of nitrogens with zero attached hydrogens (tertiary/aromatic N) is 2. The molecule has 3 heterocycles. The van der Waals surface area contributed by atoms with Crippen LogP contribution in [0.3, 0.4) is 0 Å². The number of rotatable bonds is 3. The molecule has 6 nitrogen and oxygen atoms in total. The number of aromatic nitrogens is 1. The van der Waals surface area contributed by atoms with Gasteiger partial charge in [-0.1, -0.05) is 30.3 Å². The van der Waals surface area contributed by atoms with Gasteiger partial charge in [0.1, 0.15) is 11.4 Å². The molecule has 0 radical (unpaired) electrons. The fourth-order valence-electron chi connectivity index (χ4n) is 3.40. The van der Waals surface area contributed by atoms with Crippen molar-refractivity contribution in [3.63, 3.8) is 0 Å². The van der Waals surface area contributed by atoms with Crippen LogP contribution in [0.15, 0.2) is 42.5 Å². The summed E-state index contributed by atoms with van der Waals surface area (Å²) in [5.41, 5.74) is 1.80. The lowest BCUT2D eigenvalue weighted by Gasteiger charge is -2.21. The molecule has 2 atom stereocenters. The topological polar surface area (TPSA) is 79.7 Å². The molecule has 1 N–H and O–H groups in total. The average Bonchev–Trinajstić information content (AvgIpc) is 3.17. The van der Waals surface area contributed by atoms with Crippen LogP contribution in [0, 0.1) is 11.8 Å². The van der Waals surface area contributed by atoms with Crippen molar-refractivity contribution in [1.29, 1.82) is 0 Å². The molecule has 6 heteroatoms. The van der Waals surface area contributed by atoms with Crippen LogP contribution in [-0.2, 0) is 9.53 Å². The Bertz CT molecular complexity index is 806. The Hall–Kier alpha value is -2.89. The van der Waals surface area contributed by atoms with E-state index in [-0.39, 0.29) is 23.4 Å². The minimum absolute atomic E-state index is 0.112. The fraction of sp³-hybridized carbons (Fsp3) is 0.278. The van der Waals surface area contributed by atoms with Crippen LogP contribution in [0.25, 0.3) is 11.3 Å². The second-order valence-corrected chi connectivity index (χ2v) is 6.14. The normalized spacial score (nSPS) is 22.3. The maximum atomic E-state index is 11.8. The lowest BCUT2D eigenvalue weighted by molar-refractivity contribution is -0.140. The zero-order valence-electron chi connectivity index (χ0n) is 12.9. The number of carboxylic acid groups (broad SMARTS) is 1. The van der Waals surface area contributed by atoms with Crippen LogP contribution in [0.1, 0.15) is 10.4 Å². The molecule has 1 aromatic carbocycles. The summed E-state index contributed by atoms with van der Waals surface area (Å²) in [6, 6.07) is 12.9. The molecule has 0 aliphatic carbocycles. The summed E-state index contributed by atoms with van der Waals surface area (Å²) < 4.78 is 5.07. The first-order valence-corrected chi connectivity index (χ1v) is 7.85. The van der Waals surface area contributed by atoms with Crippen molar-refractivity contribution in [2.45, 2.75) is 0 Å². The highest BCUT2D eigenvalue weighted by atomic mass is 16.5. The third-order valence-electron chi connectivity index (χ3n) is 4.66. The largest absolute Gasteiger partial charge is 0.478 e. The van der Waals surface area contributed by atoms with Gasteiger partial charge in [-0.25, -0.2) is 9.78 Å². The molecule has 2 fully saturated rings. The van der Waals surface area contributed by atoms with Crippen molar-refractivity contribution in [3.8, 4) is 11.3 Å². The summed E-state index contributed by atoms with van der Waals surface area (Å²) in [6.07, 6.45) is 0. The Morgan fingerprint density at radius 1 is 1.17 bits per heavy atom. The van der Waals surface area contributed by atoms with Crippen molar-refractivity contribution < 1.29 is 19.4 Å². The molecule has 122 valence electrons. The summed E-state index contributed by atoms with van der Waals surface area (Å²) in [4.78, 5) is 29.8. The first-order chi connectivity index (χ1) is 11.6. The molecule has 0 unspecified atom stereocenters. The van der Waals surface area contributed by atoms with E-state index in [9.17, 15) is 14.7 Å². The Kier molecular flexibility index (Phi) is 3.45. The smallest absolute Gasteiger partial charge is 0.339 e. The van der Waals surface area contributed by atoms with Crippen LogP contribution in [0.4, 0.5) is 5.82 Å². The molecular weight excluding hydrogens is 308 g/mol. The fourth-order valence-corrected chi connectivity index (χ4v) is 3.40. The van der Waals surface area contributed by atoms with E-state index in [0.717, 1.165) is 11.3 Å². The predicted molar refractivity (Wildman–Crippen MR) is 86.8 cm³/mol. The van der Waals surface area contributed by atoms with Crippen LogP contribution >= 0.6 is 0 Å². The number of benzene rings is 1. The van der Waals surface area contributed by atoms with E-state index in [1.54, 1.807) is 12.1 Å². The quantitative estimate of drug-likeness (QED) is 0.871. The van der Waals surface area contributed by atoms with Gasteiger partial charge in [-0.3, -0.25) is 4.79 Å². The van der Waals surface area contributed by atoms with Gasteiger partial charge in [0.2, 0.25) is 0 Å². The molecule has 0 spiro atoms. The second kappa shape index (κ2) is 5.63.